The van der Waals surface area contributed by atoms with E-state index in [1.807, 2.05) is 0 Å². The predicted molar refractivity (Wildman–Crippen MR) is 103 cm³/mol. The monoisotopic (exact) mass is 442 g/mol. The van der Waals surface area contributed by atoms with Crippen LogP contribution in [-0.4, -0.2) is 13.7 Å². The summed E-state index contributed by atoms with van der Waals surface area (Å²) >= 11 is 5.80. The fraction of sp³-hybridized carbons (Fsp3) is 0.200. The molecule has 0 N–H and O–H groups in total. The van der Waals surface area contributed by atoms with E-state index in [-0.39, 0.29) is 41.5 Å². The van der Waals surface area contributed by atoms with Gasteiger partial charge in [-0.2, -0.15) is 8.78 Å². The van der Waals surface area contributed by atoms with Crippen LogP contribution >= 0.6 is 11.6 Å². The van der Waals surface area contributed by atoms with Gasteiger partial charge in [0.1, 0.15) is 5.82 Å². The smallest absolute Gasteiger partial charge is 0.285 e. The molecule has 0 saturated heterocycles. The molecule has 0 amide bonds. The van der Waals surface area contributed by atoms with E-state index in [0.717, 1.165) is 12.1 Å². The molecule has 29 heavy (non-hydrogen) atoms. The van der Waals surface area contributed by atoms with E-state index in [0.29, 0.717) is 5.56 Å². The third-order valence-corrected chi connectivity index (χ3v) is 6.85. The lowest BCUT2D eigenvalue weighted by atomic mass is 9.90. The maximum absolute atomic E-state index is 13.5. The molecule has 3 rings (SSSR count). The number of hydrogen-bond donors (Lipinski definition) is 0. The summed E-state index contributed by atoms with van der Waals surface area (Å²) in [5.74, 6) is -0.443. The van der Waals surface area contributed by atoms with Gasteiger partial charge in [0.05, 0.1) is 9.92 Å². The summed E-state index contributed by atoms with van der Waals surface area (Å²) in [6.07, 6.45) is -0.0119. The maximum Gasteiger partial charge on any atom is 0.347 e. The molecule has 3 aromatic carbocycles. The Hall–Kier alpha value is -2.45. The van der Waals surface area contributed by atoms with Gasteiger partial charge in [0.2, 0.25) is 20.7 Å². The fourth-order valence-corrected chi connectivity index (χ4v) is 4.37. The number of halogens is 4. The average Bonchev–Trinajstić information content (AvgIpc) is 2.65. The summed E-state index contributed by atoms with van der Waals surface area (Å²) in [5.41, 5.74) is -0.155. The highest BCUT2D eigenvalue weighted by atomic mass is 35.5. The zero-order valence-corrected chi connectivity index (χ0v) is 16.6. The summed E-state index contributed by atoms with van der Waals surface area (Å²) in [4.78, 5) is 23.2. The SMILES string of the molecule is CC(F)(F)S(=O)(=O)c1cc(Cc2c(Cc3ccc(F)cc3)c(=O)c2=O)ccc1Cl. The highest BCUT2D eigenvalue weighted by Crippen LogP contribution is 2.33. The van der Waals surface area contributed by atoms with Crippen LogP contribution in [0.3, 0.4) is 0 Å². The second-order valence-electron chi connectivity index (χ2n) is 6.67. The summed E-state index contributed by atoms with van der Waals surface area (Å²) in [6, 6.07) is 8.93. The van der Waals surface area contributed by atoms with Gasteiger partial charge in [0, 0.05) is 30.9 Å². The van der Waals surface area contributed by atoms with E-state index in [1.54, 1.807) is 0 Å². The van der Waals surface area contributed by atoms with Gasteiger partial charge in [-0.3, -0.25) is 9.59 Å². The molecule has 0 heterocycles. The van der Waals surface area contributed by atoms with Crippen LogP contribution < -0.4 is 10.9 Å². The van der Waals surface area contributed by atoms with Crippen LogP contribution in [0.15, 0.2) is 56.9 Å². The molecule has 0 radical (unpaired) electrons. The van der Waals surface area contributed by atoms with Crippen molar-refractivity contribution in [2.75, 3.05) is 0 Å². The zero-order chi connectivity index (χ0) is 21.6. The number of hydrogen-bond acceptors (Lipinski definition) is 4. The van der Waals surface area contributed by atoms with E-state index in [2.05, 4.69) is 0 Å². The number of rotatable bonds is 6. The zero-order valence-electron chi connectivity index (χ0n) is 15.0. The van der Waals surface area contributed by atoms with Gasteiger partial charge in [0.25, 0.3) is 0 Å². The Morgan fingerprint density at radius 1 is 0.897 bits per heavy atom. The van der Waals surface area contributed by atoms with Gasteiger partial charge in [0.15, 0.2) is 0 Å². The largest absolute Gasteiger partial charge is 0.347 e. The van der Waals surface area contributed by atoms with Gasteiger partial charge in [-0.05, 0) is 35.4 Å². The van der Waals surface area contributed by atoms with Crippen LogP contribution in [0.25, 0.3) is 0 Å². The molecule has 0 spiro atoms. The minimum Gasteiger partial charge on any atom is -0.285 e. The van der Waals surface area contributed by atoms with Crippen LogP contribution in [0.4, 0.5) is 13.2 Å². The van der Waals surface area contributed by atoms with Gasteiger partial charge in [-0.15, -0.1) is 0 Å². The van der Waals surface area contributed by atoms with Gasteiger partial charge >= 0.3 is 5.25 Å². The standard InChI is InChI=1S/C20H14ClF3O4S/c1-20(23,24)29(27,28)17-10-12(4-7-16(17)21)9-15-14(18(25)19(15)26)8-11-2-5-13(22)6-3-11/h2-7,10H,8-9H2,1H3. The van der Waals surface area contributed by atoms with E-state index >= 15 is 0 Å². The van der Waals surface area contributed by atoms with Crippen LogP contribution in [0.2, 0.25) is 5.02 Å². The Bertz CT molecular complexity index is 1250. The van der Waals surface area contributed by atoms with Crippen molar-refractivity contribution < 1.29 is 21.6 Å². The van der Waals surface area contributed by atoms with Crippen LogP contribution in [0.1, 0.15) is 29.2 Å². The summed E-state index contributed by atoms with van der Waals surface area (Å²) < 4.78 is 64.1. The van der Waals surface area contributed by atoms with E-state index in [4.69, 9.17) is 11.6 Å². The first kappa shape index (κ1) is 21.3. The van der Waals surface area contributed by atoms with Gasteiger partial charge in [-0.25, -0.2) is 12.8 Å². The number of sulfone groups is 1. The molecule has 0 aliphatic rings. The highest BCUT2D eigenvalue weighted by molar-refractivity contribution is 7.92. The highest BCUT2D eigenvalue weighted by Gasteiger charge is 2.42. The van der Waals surface area contributed by atoms with E-state index < -0.39 is 36.7 Å². The topological polar surface area (TPSA) is 68.3 Å². The summed E-state index contributed by atoms with van der Waals surface area (Å²) in [6.45, 7) is 0.253. The third-order valence-electron chi connectivity index (χ3n) is 4.55. The molecule has 9 heteroatoms. The first-order valence-electron chi connectivity index (χ1n) is 8.38. The minimum atomic E-state index is -5.01. The lowest BCUT2D eigenvalue weighted by molar-refractivity contribution is 0.114. The molecule has 3 aromatic rings. The first-order valence-corrected chi connectivity index (χ1v) is 10.2. The van der Waals surface area contributed by atoms with Crippen LogP contribution in [-0.2, 0) is 22.7 Å². The van der Waals surface area contributed by atoms with Crippen molar-refractivity contribution in [2.45, 2.75) is 29.9 Å². The van der Waals surface area contributed by atoms with Crippen molar-refractivity contribution >= 4 is 21.4 Å². The summed E-state index contributed by atoms with van der Waals surface area (Å²) in [5, 5.41) is -4.41. The molecule has 0 unspecified atom stereocenters. The molecule has 0 atom stereocenters. The second-order valence-corrected chi connectivity index (χ2v) is 9.24. The molecule has 4 nitrogen and oxygen atoms in total. The molecule has 0 bridgehead atoms. The van der Waals surface area contributed by atoms with Crippen molar-refractivity contribution in [2.24, 2.45) is 0 Å². The molecule has 0 aliphatic carbocycles. The molecule has 0 aliphatic heterocycles. The molecular weight excluding hydrogens is 429 g/mol. The molecule has 0 saturated carbocycles. The number of alkyl halides is 2. The lowest BCUT2D eigenvalue weighted by Crippen LogP contribution is -2.40. The Balaban J connectivity index is 1.95. The van der Waals surface area contributed by atoms with Crippen molar-refractivity contribution in [3.8, 4) is 0 Å². The number of benzene rings is 2. The summed E-state index contributed by atoms with van der Waals surface area (Å²) in [7, 11) is -5.01. The van der Waals surface area contributed by atoms with Crippen molar-refractivity contribution in [3.05, 3.63) is 96.0 Å². The van der Waals surface area contributed by atoms with Crippen molar-refractivity contribution in [1.29, 1.82) is 0 Å². The van der Waals surface area contributed by atoms with Crippen molar-refractivity contribution in [1.82, 2.24) is 0 Å². The second kappa shape index (κ2) is 7.42. The maximum atomic E-state index is 13.5. The fourth-order valence-electron chi connectivity index (χ4n) is 2.93. The minimum absolute atomic E-state index is 0.103. The molecule has 0 aromatic heterocycles. The Morgan fingerprint density at radius 3 is 1.90 bits per heavy atom. The normalized spacial score (nSPS) is 12.4. The Labute approximate surface area is 169 Å². The Morgan fingerprint density at radius 2 is 1.38 bits per heavy atom. The molecular formula is C20H14ClF3O4S. The van der Waals surface area contributed by atoms with E-state index in [9.17, 15) is 31.2 Å². The van der Waals surface area contributed by atoms with Crippen LogP contribution in [0.5, 0.6) is 0 Å². The quantitative estimate of drug-likeness (QED) is 0.546. The van der Waals surface area contributed by atoms with Crippen molar-refractivity contribution in [3.63, 3.8) is 0 Å². The van der Waals surface area contributed by atoms with E-state index in [1.165, 1.54) is 30.3 Å². The van der Waals surface area contributed by atoms with Gasteiger partial charge < -0.3 is 0 Å². The Kier molecular flexibility index (Phi) is 5.44. The predicted octanol–water partition coefficient (Wildman–Crippen LogP) is 3.64. The average molecular weight is 443 g/mol. The molecule has 152 valence electrons. The third kappa shape index (κ3) is 4.00. The molecule has 0 fully saturated rings. The first-order chi connectivity index (χ1) is 13.4. The lowest BCUT2D eigenvalue weighted by Gasteiger charge is -2.15. The van der Waals surface area contributed by atoms with Crippen LogP contribution in [0, 0.1) is 5.82 Å². The van der Waals surface area contributed by atoms with Gasteiger partial charge in [-0.1, -0.05) is 29.8 Å².